The molecule has 3 aromatic rings. The van der Waals surface area contributed by atoms with Crippen molar-refractivity contribution in [1.29, 1.82) is 0 Å². The number of benzene rings is 2. The second-order valence-corrected chi connectivity index (χ2v) is 4.32. The monoisotopic (exact) mass is 257 g/mol. The van der Waals surface area contributed by atoms with Gasteiger partial charge in [0.05, 0.1) is 5.69 Å². The van der Waals surface area contributed by atoms with E-state index >= 15 is 0 Å². The first-order valence-electron chi connectivity index (χ1n) is 5.56. The van der Waals surface area contributed by atoms with Crippen LogP contribution in [0.5, 0.6) is 0 Å². The molecule has 0 spiro atoms. The zero-order valence-corrected chi connectivity index (χ0v) is 10.3. The molecule has 0 fully saturated rings. The second-order valence-electron chi connectivity index (χ2n) is 3.94. The highest BCUT2D eigenvalue weighted by molar-refractivity contribution is 7.71. The number of H-pyrrole nitrogens is 1. The normalized spacial score (nSPS) is 10.9. The Kier molecular flexibility index (Phi) is 2.70. The number of aromatic nitrogens is 3. The van der Waals surface area contributed by atoms with Crippen molar-refractivity contribution in [2.75, 3.05) is 0 Å². The van der Waals surface area contributed by atoms with Crippen LogP contribution < -0.4 is 0 Å². The van der Waals surface area contributed by atoms with E-state index in [9.17, 15) is 5.11 Å². The molecule has 1 aromatic heterocycles. The number of rotatable bonds is 2. The van der Waals surface area contributed by atoms with Crippen molar-refractivity contribution in [2.45, 2.75) is 6.61 Å². The van der Waals surface area contributed by atoms with Crippen LogP contribution in [0, 0.1) is 4.77 Å². The van der Waals surface area contributed by atoms with Crippen molar-refractivity contribution in [3.05, 3.63) is 53.1 Å². The molecule has 0 saturated heterocycles. The van der Waals surface area contributed by atoms with Gasteiger partial charge < -0.3 is 5.11 Å². The smallest absolute Gasteiger partial charge is 0.199 e. The van der Waals surface area contributed by atoms with Gasteiger partial charge in [-0.1, -0.05) is 36.4 Å². The van der Waals surface area contributed by atoms with Crippen LogP contribution in [0.4, 0.5) is 0 Å². The van der Waals surface area contributed by atoms with Gasteiger partial charge in [-0.05, 0) is 23.7 Å². The van der Waals surface area contributed by atoms with Gasteiger partial charge in [-0.3, -0.25) is 9.67 Å². The average Bonchev–Trinajstić information content (AvgIpc) is 2.79. The molecule has 4 nitrogen and oxygen atoms in total. The zero-order valence-electron chi connectivity index (χ0n) is 9.50. The minimum absolute atomic E-state index is 0.156. The second kappa shape index (κ2) is 4.36. The number of fused-ring (bicyclic) bond motifs is 1. The molecule has 2 N–H and O–H groups in total. The molecule has 2 aromatic carbocycles. The number of nitrogens with one attached hydrogen (secondary N) is 1. The average molecular weight is 257 g/mol. The van der Waals surface area contributed by atoms with Crippen molar-refractivity contribution in [1.82, 2.24) is 14.8 Å². The van der Waals surface area contributed by atoms with Crippen LogP contribution in [0.25, 0.3) is 16.5 Å². The van der Waals surface area contributed by atoms with Crippen LogP contribution in [0.15, 0.2) is 42.5 Å². The third-order valence-electron chi connectivity index (χ3n) is 2.89. The lowest BCUT2D eigenvalue weighted by Gasteiger charge is -2.08. The zero-order chi connectivity index (χ0) is 12.5. The lowest BCUT2D eigenvalue weighted by molar-refractivity contribution is 0.269. The van der Waals surface area contributed by atoms with E-state index in [0.717, 1.165) is 16.5 Å². The first-order chi connectivity index (χ1) is 8.81. The summed E-state index contributed by atoms with van der Waals surface area (Å²) in [6.07, 6.45) is 0. The van der Waals surface area contributed by atoms with Crippen molar-refractivity contribution >= 4 is 23.0 Å². The van der Waals surface area contributed by atoms with E-state index in [-0.39, 0.29) is 6.61 Å². The highest BCUT2D eigenvalue weighted by Crippen LogP contribution is 2.23. The van der Waals surface area contributed by atoms with E-state index in [1.807, 2.05) is 42.5 Å². The molecule has 0 aliphatic carbocycles. The minimum atomic E-state index is -0.156. The molecular formula is C13H11N3OS. The van der Waals surface area contributed by atoms with Gasteiger partial charge in [0.1, 0.15) is 6.61 Å². The molecule has 0 bridgehead atoms. The Bertz CT molecular complexity index is 755. The summed E-state index contributed by atoms with van der Waals surface area (Å²) in [7, 11) is 0. The van der Waals surface area contributed by atoms with E-state index in [2.05, 4.69) is 10.2 Å². The molecule has 18 heavy (non-hydrogen) atoms. The fraction of sp³-hybridized carbons (Fsp3) is 0.0769. The van der Waals surface area contributed by atoms with Crippen LogP contribution in [-0.4, -0.2) is 19.9 Å². The molecule has 1 heterocycles. The topological polar surface area (TPSA) is 53.8 Å². The number of nitrogens with zero attached hydrogens (tertiary/aromatic N) is 2. The SMILES string of the molecule is OCc1n[nH]c(=S)n1-c1cccc2ccccc12. The summed E-state index contributed by atoms with van der Waals surface area (Å²) < 4.78 is 2.24. The van der Waals surface area contributed by atoms with Crippen molar-refractivity contribution in [3.63, 3.8) is 0 Å². The standard InChI is InChI=1S/C13H11N3OS/c17-8-12-14-15-13(18)16(12)11-7-3-5-9-4-1-2-6-10(9)11/h1-7,17H,8H2,(H,15,18). The van der Waals surface area contributed by atoms with Crippen molar-refractivity contribution < 1.29 is 5.11 Å². The first kappa shape index (κ1) is 11.1. The predicted molar refractivity (Wildman–Crippen MR) is 72.2 cm³/mol. The number of aliphatic hydroxyl groups excluding tert-OH is 1. The Hall–Kier alpha value is -1.98. The Labute approximate surface area is 109 Å². The summed E-state index contributed by atoms with van der Waals surface area (Å²) in [6, 6.07) is 14.0. The summed E-state index contributed by atoms with van der Waals surface area (Å²) >= 11 is 5.22. The van der Waals surface area contributed by atoms with Crippen LogP contribution in [0.3, 0.4) is 0 Å². The van der Waals surface area contributed by atoms with E-state index in [1.54, 1.807) is 4.57 Å². The van der Waals surface area contributed by atoms with Gasteiger partial charge in [-0.15, -0.1) is 0 Å². The van der Waals surface area contributed by atoms with Gasteiger partial charge in [-0.2, -0.15) is 5.10 Å². The van der Waals surface area contributed by atoms with E-state index < -0.39 is 0 Å². The largest absolute Gasteiger partial charge is 0.388 e. The van der Waals surface area contributed by atoms with E-state index in [0.29, 0.717) is 10.6 Å². The molecular weight excluding hydrogens is 246 g/mol. The predicted octanol–water partition coefficient (Wildman–Crippen LogP) is 2.58. The number of aliphatic hydroxyl groups is 1. The quantitative estimate of drug-likeness (QED) is 0.694. The molecule has 0 aliphatic heterocycles. The summed E-state index contributed by atoms with van der Waals surface area (Å²) in [5, 5.41) is 18.2. The molecule has 0 radical (unpaired) electrons. The van der Waals surface area contributed by atoms with Gasteiger partial charge in [0.25, 0.3) is 0 Å². The number of aromatic amines is 1. The highest BCUT2D eigenvalue weighted by atomic mass is 32.1. The van der Waals surface area contributed by atoms with E-state index in [4.69, 9.17) is 12.2 Å². The first-order valence-corrected chi connectivity index (χ1v) is 5.97. The molecule has 3 rings (SSSR count). The maximum Gasteiger partial charge on any atom is 0.199 e. The molecule has 5 heteroatoms. The summed E-state index contributed by atoms with van der Waals surface area (Å²) in [5.74, 6) is 0.511. The van der Waals surface area contributed by atoms with Gasteiger partial charge >= 0.3 is 0 Å². The fourth-order valence-corrected chi connectivity index (χ4v) is 2.34. The molecule has 0 atom stereocenters. The molecule has 0 saturated carbocycles. The summed E-state index contributed by atoms with van der Waals surface area (Å²) in [6.45, 7) is -0.156. The summed E-state index contributed by atoms with van der Waals surface area (Å²) in [5.41, 5.74) is 0.927. The maximum absolute atomic E-state index is 9.32. The third-order valence-corrected chi connectivity index (χ3v) is 3.16. The van der Waals surface area contributed by atoms with Crippen molar-refractivity contribution in [2.24, 2.45) is 0 Å². The third kappa shape index (κ3) is 1.64. The number of hydrogen-bond donors (Lipinski definition) is 2. The van der Waals surface area contributed by atoms with Crippen LogP contribution in [-0.2, 0) is 6.61 Å². The molecule has 0 aliphatic rings. The van der Waals surface area contributed by atoms with Gasteiger partial charge in [0.2, 0.25) is 0 Å². The van der Waals surface area contributed by atoms with Crippen molar-refractivity contribution in [3.8, 4) is 5.69 Å². The number of hydrogen-bond acceptors (Lipinski definition) is 3. The highest BCUT2D eigenvalue weighted by Gasteiger charge is 2.09. The summed E-state index contributed by atoms with van der Waals surface area (Å²) in [4.78, 5) is 0. The van der Waals surface area contributed by atoms with Crippen LogP contribution in [0.2, 0.25) is 0 Å². The van der Waals surface area contributed by atoms with Gasteiger partial charge in [-0.25, -0.2) is 0 Å². The lowest BCUT2D eigenvalue weighted by Crippen LogP contribution is -2.01. The Balaban J connectivity index is 2.38. The lowest BCUT2D eigenvalue weighted by atomic mass is 10.1. The van der Waals surface area contributed by atoms with Gasteiger partial charge in [0.15, 0.2) is 10.6 Å². The Morgan fingerprint density at radius 1 is 1.17 bits per heavy atom. The van der Waals surface area contributed by atoms with Crippen LogP contribution >= 0.6 is 12.2 Å². The molecule has 90 valence electrons. The van der Waals surface area contributed by atoms with E-state index in [1.165, 1.54) is 0 Å². The molecule has 0 unspecified atom stereocenters. The minimum Gasteiger partial charge on any atom is -0.388 e. The Morgan fingerprint density at radius 2 is 1.94 bits per heavy atom. The van der Waals surface area contributed by atoms with Crippen LogP contribution in [0.1, 0.15) is 5.82 Å². The fourth-order valence-electron chi connectivity index (χ4n) is 2.09. The van der Waals surface area contributed by atoms with Gasteiger partial charge in [0, 0.05) is 5.39 Å². The maximum atomic E-state index is 9.32. The Morgan fingerprint density at radius 3 is 2.78 bits per heavy atom. The molecule has 0 amide bonds.